The van der Waals surface area contributed by atoms with Gasteiger partial charge in [-0.3, -0.25) is 0 Å². The number of unbranched alkanes of at least 4 members (excludes halogenated alkanes) is 2. The molecule has 1 aliphatic carbocycles. The third-order valence-electron chi connectivity index (χ3n) is 5.51. The normalized spacial score (nSPS) is 25.5. The Morgan fingerprint density at radius 2 is 1.92 bits per heavy atom. The van der Waals surface area contributed by atoms with E-state index >= 15 is 0 Å². The molecule has 1 aliphatic heterocycles. The lowest BCUT2D eigenvalue weighted by atomic mass is 9.75. The molecular weight excluding hydrogens is 300 g/mol. The number of esters is 1. The predicted molar refractivity (Wildman–Crippen MR) is 97.6 cm³/mol. The molecule has 0 spiro atoms. The van der Waals surface area contributed by atoms with E-state index < -0.39 is 0 Å². The summed E-state index contributed by atoms with van der Waals surface area (Å²) in [5.41, 5.74) is 1.82. The molecule has 0 aromatic carbocycles. The third kappa shape index (κ3) is 4.43. The molecule has 0 saturated heterocycles. The highest BCUT2D eigenvalue weighted by atomic mass is 16.5. The molecule has 0 bridgehead atoms. The first-order valence-corrected chi connectivity index (χ1v) is 9.83. The Balaban J connectivity index is 2.22. The number of hydrogen-bond donors (Lipinski definition) is 0. The van der Waals surface area contributed by atoms with Gasteiger partial charge in [0.1, 0.15) is 11.9 Å². The van der Waals surface area contributed by atoms with Crippen LogP contribution in [0.5, 0.6) is 0 Å². The molecule has 3 heteroatoms. The van der Waals surface area contributed by atoms with Gasteiger partial charge in [-0.1, -0.05) is 52.0 Å². The van der Waals surface area contributed by atoms with Crippen molar-refractivity contribution in [1.82, 2.24) is 0 Å². The number of carbonyl (C=O) groups is 1. The minimum absolute atomic E-state index is 0.0788. The van der Waals surface area contributed by atoms with E-state index in [0.29, 0.717) is 18.1 Å². The minimum atomic E-state index is -0.222. The summed E-state index contributed by atoms with van der Waals surface area (Å²) in [5, 5.41) is 0. The quantitative estimate of drug-likeness (QED) is 0.347. The maximum absolute atomic E-state index is 12.5. The molecule has 0 aromatic heterocycles. The summed E-state index contributed by atoms with van der Waals surface area (Å²) >= 11 is 0. The second-order valence-electron chi connectivity index (χ2n) is 7.25. The van der Waals surface area contributed by atoms with E-state index in [-0.39, 0.29) is 18.0 Å². The van der Waals surface area contributed by atoms with Crippen LogP contribution in [0.15, 0.2) is 23.5 Å². The van der Waals surface area contributed by atoms with Gasteiger partial charge in [0.15, 0.2) is 0 Å². The van der Waals surface area contributed by atoms with Crippen molar-refractivity contribution in [2.24, 2.45) is 11.8 Å². The average molecular weight is 335 g/mol. The molecule has 0 amide bonds. The molecule has 3 nitrogen and oxygen atoms in total. The number of allylic oxidation sites excluding steroid dienone is 1. The van der Waals surface area contributed by atoms with Gasteiger partial charge in [0.2, 0.25) is 0 Å². The molecule has 1 fully saturated rings. The third-order valence-corrected chi connectivity index (χ3v) is 5.51. The highest BCUT2D eigenvalue weighted by Gasteiger charge is 2.39. The van der Waals surface area contributed by atoms with Crippen molar-refractivity contribution < 1.29 is 14.3 Å². The van der Waals surface area contributed by atoms with Crippen molar-refractivity contribution in [1.29, 1.82) is 0 Å². The van der Waals surface area contributed by atoms with Gasteiger partial charge < -0.3 is 9.47 Å². The molecule has 0 aromatic rings. The fourth-order valence-electron chi connectivity index (χ4n) is 4.22. The van der Waals surface area contributed by atoms with Gasteiger partial charge >= 0.3 is 5.97 Å². The van der Waals surface area contributed by atoms with Crippen molar-refractivity contribution in [2.75, 3.05) is 6.61 Å². The van der Waals surface area contributed by atoms with Crippen molar-refractivity contribution in [3.05, 3.63) is 23.5 Å². The minimum Gasteiger partial charge on any atom is -0.490 e. The standard InChI is InChI=1S/C21H34O3/c1-5-7-9-14-18-15(3)20(17-12-10-8-11-13-17)24-16(4)19(18)21(22)23-6-2/h17-18,20H,3,5-14H2,1-2,4H3. The maximum atomic E-state index is 12.5. The Labute approximate surface area is 147 Å². The zero-order valence-corrected chi connectivity index (χ0v) is 15.7. The van der Waals surface area contributed by atoms with E-state index in [2.05, 4.69) is 13.5 Å². The molecular formula is C21H34O3. The monoisotopic (exact) mass is 334 g/mol. The summed E-state index contributed by atoms with van der Waals surface area (Å²) in [7, 11) is 0. The molecule has 1 saturated carbocycles. The SMILES string of the molecule is C=C1C(CCCCC)C(C(=O)OCC)=C(C)OC1C1CCCCC1. The second kappa shape index (κ2) is 9.29. The van der Waals surface area contributed by atoms with Crippen molar-refractivity contribution in [3.8, 4) is 0 Å². The summed E-state index contributed by atoms with van der Waals surface area (Å²) in [4.78, 5) is 12.5. The van der Waals surface area contributed by atoms with Gasteiger partial charge in [-0.05, 0) is 44.6 Å². The van der Waals surface area contributed by atoms with Crippen LogP contribution >= 0.6 is 0 Å². The van der Waals surface area contributed by atoms with Crippen molar-refractivity contribution in [2.45, 2.75) is 84.7 Å². The van der Waals surface area contributed by atoms with Crippen LogP contribution in [-0.2, 0) is 14.3 Å². The number of rotatable bonds is 7. The first-order valence-electron chi connectivity index (χ1n) is 9.83. The van der Waals surface area contributed by atoms with E-state index in [1.54, 1.807) is 0 Å². The lowest BCUT2D eigenvalue weighted by molar-refractivity contribution is -0.140. The summed E-state index contributed by atoms with van der Waals surface area (Å²) in [6.45, 7) is 10.8. The van der Waals surface area contributed by atoms with Gasteiger partial charge in [-0.2, -0.15) is 0 Å². The Kier molecular flexibility index (Phi) is 7.39. The molecule has 136 valence electrons. The van der Waals surface area contributed by atoms with Crippen molar-refractivity contribution in [3.63, 3.8) is 0 Å². The van der Waals surface area contributed by atoms with Crippen LogP contribution in [-0.4, -0.2) is 18.7 Å². The van der Waals surface area contributed by atoms with Crippen molar-refractivity contribution >= 4 is 5.97 Å². The Hall–Kier alpha value is -1.25. The van der Waals surface area contributed by atoms with Gasteiger partial charge in [-0.15, -0.1) is 0 Å². The fraction of sp³-hybridized carbons (Fsp3) is 0.762. The van der Waals surface area contributed by atoms with Crippen LogP contribution in [0.3, 0.4) is 0 Å². The zero-order valence-electron chi connectivity index (χ0n) is 15.7. The predicted octanol–water partition coefficient (Wildman–Crippen LogP) is 5.56. The van der Waals surface area contributed by atoms with E-state index in [1.165, 1.54) is 44.9 Å². The topological polar surface area (TPSA) is 35.5 Å². The largest absolute Gasteiger partial charge is 0.490 e. The first-order chi connectivity index (χ1) is 11.6. The van der Waals surface area contributed by atoms with E-state index in [1.807, 2.05) is 13.8 Å². The van der Waals surface area contributed by atoms with Gasteiger partial charge in [0, 0.05) is 5.92 Å². The summed E-state index contributed by atoms with van der Waals surface area (Å²) in [6, 6.07) is 0. The molecule has 2 unspecified atom stereocenters. The van der Waals surface area contributed by atoms with Gasteiger partial charge in [0.05, 0.1) is 12.2 Å². The molecule has 1 heterocycles. The molecule has 2 rings (SSSR count). The molecule has 2 aliphatic rings. The maximum Gasteiger partial charge on any atom is 0.338 e. The van der Waals surface area contributed by atoms with Crippen LogP contribution in [0.2, 0.25) is 0 Å². The fourth-order valence-corrected chi connectivity index (χ4v) is 4.22. The van der Waals surface area contributed by atoms with Gasteiger partial charge in [-0.25, -0.2) is 4.79 Å². The lowest BCUT2D eigenvalue weighted by Gasteiger charge is -2.40. The molecule has 0 radical (unpaired) electrons. The number of carbonyl (C=O) groups excluding carboxylic acids is 1. The highest BCUT2D eigenvalue weighted by Crippen LogP contribution is 2.42. The molecule has 24 heavy (non-hydrogen) atoms. The summed E-state index contributed by atoms with van der Waals surface area (Å²) < 4.78 is 11.5. The Bertz CT molecular complexity index is 471. The van der Waals surface area contributed by atoms with Gasteiger partial charge in [0.25, 0.3) is 0 Å². The molecule has 0 N–H and O–H groups in total. The van der Waals surface area contributed by atoms with E-state index in [4.69, 9.17) is 9.47 Å². The Morgan fingerprint density at radius 3 is 2.54 bits per heavy atom. The van der Waals surface area contributed by atoms with E-state index in [0.717, 1.165) is 24.2 Å². The lowest BCUT2D eigenvalue weighted by Crippen LogP contribution is -2.37. The summed E-state index contributed by atoms with van der Waals surface area (Å²) in [5.74, 6) is 1.19. The second-order valence-corrected chi connectivity index (χ2v) is 7.25. The van der Waals surface area contributed by atoms with Crippen LogP contribution in [0.25, 0.3) is 0 Å². The number of hydrogen-bond acceptors (Lipinski definition) is 3. The first kappa shape index (κ1) is 19.1. The van der Waals surface area contributed by atoms with Crippen LogP contribution in [0.1, 0.15) is 78.6 Å². The average Bonchev–Trinajstić information content (AvgIpc) is 2.58. The van der Waals surface area contributed by atoms with Crippen LogP contribution < -0.4 is 0 Å². The van der Waals surface area contributed by atoms with E-state index in [9.17, 15) is 4.79 Å². The highest BCUT2D eigenvalue weighted by molar-refractivity contribution is 5.90. The summed E-state index contributed by atoms with van der Waals surface area (Å²) in [6.07, 6.45) is 10.9. The number of ether oxygens (including phenoxy) is 2. The smallest absolute Gasteiger partial charge is 0.338 e. The van der Waals surface area contributed by atoms with Crippen LogP contribution in [0.4, 0.5) is 0 Å². The Morgan fingerprint density at radius 1 is 1.21 bits per heavy atom. The molecule has 2 atom stereocenters. The zero-order chi connectivity index (χ0) is 17.5. The van der Waals surface area contributed by atoms with Crippen LogP contribution in [0, 0.1) is 11.8 Å².